The van der Waals surface area contributed by atoms with Crippen molar-refractivity contribution in [1.29, 1.82) is 0 Å². The summed E-state index contributed by atoms with van der Waals surface area (Å²) in [6, 6.07) is 0. The molecule has 1 heterocycles. The minimum atomic E-state index is -0.796. The maximum absolute atomic E-state index is 9.92. The van der Waals surface area contributed by atoms with Crippen molar-refractivity contribution in [2.75, 3.05) is 0 Å². The first-order chi connectivity index (χ1) is 3.70. The predicted molar refractivity (Wildman–Crippen MR) is 44.9 cm³/mol. The third-order valence-corrected chi connectivity index (χ3v) is 16.9. The molecular formula is CHO2PS4. The van der Waals surface area contributed by atoms with Gasteiger partial charge in [-0.2, -0.15) is 0 Å². The molecule has 7 heteroatoms. The fourth-order valence-corrected chi connectivity index (χ4v) is 14.7. The van der Waals surface area contributed by atoms with Crippen molar-refractivity contribution < 1.29 is 9.90 Å². The van der Waals surface area contributed by atoms with Crippen LogP contribution in [0.5, 0.6) is 0 Å². The van der Waals surface area contributed by atoms with Gasteiger partial charge in [0.1, 0.15) is 8.14 Å². The molecule has 2 nitrogen and oxygen atoms in total. The third-order valence-electron chi connectivity index (χ3n) is 0.369. The molecule has 1 N–H and O–H groups in total. The molecule has 0 bridgehead atoms. The van der Waals surface area contributed by atoms with E-state index in [1.165, 1.54) is 0 Å². The van der Waals surface area contributed by atoms with Crippen molar-refractivity contribution in [2.24, 2.45) is 0 Å². The molecule has 0 aromatic rings. The summed E-state index contributed by atoms with van der Waals surface area (Å²) in [7, 11) is 2.54. The maximum atomic E-state index is 9.92. The summed E-state index contributed by atoms with van der Waals surface area (Å²) >= 11 is 4.83. The van der Waals surface area contributed by atoms with Crippen molar-refractivity contribution in [3.05, 3.63) is 0 Å². The Morgan fingerprint density at radius 3 is 2.62 bits per heavy atom. The summed E-state index contributed by atoms with van der Waals surface area (Å²) in [4.78, 5) is 9.92. The molecule has 8 heavy (non-hydrogen) atoms. The van der Waals surface area contributed by atoms with Crippen molar-refractivity contribution in [3.8, 4) is 0 Å². The van der Waals surface area contributed by atoms with Gasteiger partial charge in [0.05, 0.1) is 15.9 Å². The average molecular weight is 204 g/mol. The van der Waals surface area contributed by atoms with Crippen LogP contribution >= 0.6 is 26.3 Å². The number of rotatable bonds is 1. The number of carbonyl (C=O) groups is 1. The normalized spacial score (nSPS) is 30.1. The van der Waals surface area contributed by atoms with Crippen molar-refractivity contribution >= 4 is 52.0 Å². The van der Waals surface area contributed by atoms with Crippen LogP contribution in [-0.2, 0) is 20.4 Å². The Balaban J connectivity index is 2.33. The molecule has 1 aliphatic rings. The summed E-state index contributed by atoms with van der Waals surface area (Å²) in [5.74, 6) is 0. The largest absolute Gasteiger partial charge is 0.472 e. The molecule has 2 unspecified atom stereocenters. The van der Waals surface area contributed by atoms with Crippen LogP contribution in [0.3, 0.4) is 0 Å². The fraction of sp³-hybridized carbons (Fsp3) is 0. The standard InChI is InChI=1S/CHO2PS4/c2-1(3)6-8-4(5)7-8/h(H,2,3). The van der Waals surface area contributed by atoms with E-state index in [4.69, 9.17) is 17.4 Å². The van der Waals surface area contributed by atoms with Crippen molar-refractivity contribution in [1.82, 2.24) is 0 Å². The second-order valence-corrected chi connectivity index (χ2v) is 15.3. The van der Waals surface area contributed by atoms with E-state index in [2.05, 4.69) is 0 Å². The van der Waals surface area contributed by atoms with E-state index in [1.807, 2.05) is 0 Å². The van der Waals surface area contributed by atoms with Gasteiger partial charge in [0.15, 0.2) is 10.4 Å². The van der Waals surface area contributed by atoms with Crippen LogP contribution in [-0.4, -0.2) is 10.4 Å². The smallest absolute Gasteiger partial charge is 0.379 e. The first-order valence-corrected chi connectivity index (χ1v) is 8.97. The van der Waals surface area contributed by atoms with Gasteiger partial charge in [0, 0.05) is 0 Å². The van der Waals surface area contributed by atoms with Gasteiger partial charge in [-0.15, -0.1) is 0 Å². The Morgan fingerprint density at radius 2 is 2.50 bits per heavy atom. The zero-order valence-electron chi connectivity index (χ0n) is 3.44. The Bertz CT molecular complexity index is 163. The van der Waals surface area contributed by atoms with Crippen LogP contribution in [0.1, 0.15) is 0 Å². The molecule has 1 aliphatic heterocycles. The zero-order chi connectivity index (χ0) is 6.15. The van der Waals surface area contributed by atoms with E-state index in [1.54, 1.807) is 10.4 Å². The Hall–Kier alpha value is 1.17. The van der Waals surface area contributed by atoms with Gasteiger partial charge in [-0.25, -0.2) is 4.79 Å². The molecule has 1 rings (SSSR count). The van der Waals surface area contributed by atoms with E-state index in [9.17, 15) is 4.79 Å². The summed E-state index contributed by atoms with van der Waals surface area (Å²) in [5.41, 5.74) is 0. The lowest BCUT2D eigenvalue weighted by Crippen LogP contribution is -1.77. The number of hydrogen-bond acceptors (Lipinski definition) is 4. The number of carboxylic acid groups (broad SMARTS) is 1. The lowest BCUT2D eigenvalue weighted by atomic mass is 11.6. The first kappa shape index (κ1) is 7.28. The SMILES string of the molecule is O=C(O)SS1=[P+]([S-])S1. The monoisotopic (exact) mass is 204 g/mol. The summed E-state index contributed by atoms with van der Waals surface area (Å²) in [6.07, 6.45) is 0. The topological polar surface area (TPSA) is 37.3 Å². The molecule has 0 saturated heterocycles. The van der Waals surface area contributed by atoms with E-state index in [-0.39, 0.29) is 13.2 Å². The molecule has 46 valence electrons. The van der Waals surface area contributed by atoms with E-state index >= 15 is 0 Å². The molecule has 2 atom stereocenters. The van der Waals surface area contributed by atoms with Gasteiger partial charge in [-0.3, -0.25) is 0 Å². The van der Waals surface area contributed by atoms with Crippen molar-refractivity contribution in [2.45, 2.75) is 0 Å². The van der Waals surface area contributed by atoms with Gasteiger partial charge >= 0.3 is 5.30 Å². The van der Waals surface area contributed by atoms with Crippen LogP contribution in [0.4, 0.5) is 4.79 Å². The Kier molecular flexibility index (Phi) is 2.58. The highest BCUT2D eigenvalue weighted by Crippen LogP contribution is 2.67. The Morgan fingerprint density at radius 1 is 2.00 bits per heavy atom. The Labute approximate surface area is 61.9 Å². The molecule has 0 radical (unpaired) electrons. The fourth-order valence-electron chi connectivity index (χ4n) is 0.145. The van der Waals surface area contributed by atoms with Gasteiger partial charge < -0.3 is 17.4 Å². The van der Waals surface area contributed by atoms with E-state index in [0.29, 0.717) is 0 Å². The average Bonchev–Trinajstić information content (AvgIpc) is 2.17. The molecule has 0 saturated carbocycles. The summed E-state index contributed by atoms with van der Waals surface area (Å²) < 4.78 is 0. The second kappa shape index (κ2) is 2.84. The van der Waals surface area contributed by atoms with Crippen LogP contribution in [0.15, 0.2) is 0 Å². The summed E-state index contributed by atoms with van der Waals surface area (Å²) in [6.45, 7) is 0. The molecule has 0 aliphatic carbocycles. The van der Waals surface area contributed by atoms with Crippen LogP contribution in [0.25, 0.3) is 0 Å². The van der Waals surface area contributed by atoms with Crippen LogP contribution < -0.4 is 0 Å². The quantitative estimate of drug-likeness (QED) is 0.403. The predicted octanol–water partition coefficient (Wildman–Crippen LogP) is 2.37. The van der Waals surface area contributed by atoms with Gasteiger partial charge in [0.2, 0.25) is 0 Å². The highest BCUT2D eigenvalue weighted by molar-refractivity contribution is 9.48. The summed E-state index contributed by atoms with van der Waals surface area (Å²) in [5, 5.41) is 7.01. The van der Waals surface area contributed by atoms with Crippen molar-refractivity contribution in [3.63, 3.8) is 0 Å². The molecule has 0 aromatic carbocycles. The zero-order valence-corrected chi connectivity index (χ0v) is 7.60. The third kappa shape index (κ3) is 2.19. The molecule has 0 spiro atoms. The second-order valence-electron chi connectivity index (χ2n) is 0.864. The minimum Gasteiger partial charge on any atom is -0.472 e. The van der Waals surface area contributed by atoms with E-state index < -0.39 is 5.30 Å². The maximum Gasteiger partial charge on any atom is 0.379 e. The van der Waals surface area contributed by atoms with E-state index in [0.717, 1.165) is 10.8 Å². The molecular weight excluding hydrogens is 203 g/mol. The lowest BCUT2D eigenvalue weighted by Gasteiger charge is -1.73. The number of hydrogen-bond donors (Lipinski definition) is 1. The lowest BCUT2D eigenvalue weighted by molar-refractivity contribution is 0.222. The first-order valence-electron chi connectivity index (χ1n) is 1.51. The van der Waals surface area contributed by atoms with Crippen LogP contribution in [0.2, 0.25) is 0 Å². The van der Waals surface area contributed by atoms with Gasteiger partial charge in [-0.1, -0.05) is 0 Å². The van der Waals surface area contributed by atoms with Gasteiger partial charge in [0.25, 0.3) is 0 Å². The highest BCUT2D eigenvalue weighted by Gasteiger charge is 2.30. The van der Waals surface area contributed by atoms with Gasteiger partial charge in [-0.05, 0) is 0 Å². The minimum absolute atomic E-state index is 0.0270. The van der Waals surface area contributed by atoms with Crippen LogP contribution in [0, 0.1) is 0 Å². The molecule has 0 amide bonds. The molecule has 0 fully saturated rings. The molecule has 0 aromatic heterocycles. The highest BCUT2D eigenvalue weighted by atomic mass is 33.9.